The molecule has 3 atom stereocenters. The van der Waals surface area contributed by atoms with Gasteiger partial charge in [-0.3, -0.25) is 4.79 Å². The van der Waals surface area contributed by atoms with E-state index in [1.807, 2.05) is 43.3 Å². The predicted octanol–water partition coefficient (Wildman–Crippen LogP) is 4.52. The number of hydrogen-bond acceptors (Lipinski definition) is 4. The summed E-state index contributed by atoms with van der Waals surface area (Å²) in [7, 11) is 0. The Morgan fingerprint density at radius 1 is 1.03 bits per heavy atom. The smallest absolute Gasteiger partial charge is 0.187 e. The molecular weight excluding hydrogens is 362 g/mol. The van der Waals surface area contributed by atoms with Gasteiger partial charge in [-0.15, -0.1) is 0 Å². The average molecular weight is 394 g/mol. The van der Waals surface area contributed by atoms with Crippen LogP contribution < -0.4 is 14.8 Å². The molecule has 0 bridgehead atoms. The molecule has 2 aromatic rings. The summed E-state index contributed by atoms with van der Waals surface area (Å²) in [5, 5.41) is 3.56. The number of carbonyl (C=O) groups is 1. The van der Waals surface area contributed by atoms with Crippen LogP contribution in [-0.4, -0.2) is 31.6 Å². The summed E-state index contributed by atoms with van der Waals surface area (Å²) in [6.45, 7) is 3.68. The quantitative estimate of drug-likeness (QED) is 0.751. The SMILES string of the molecule is CCOc1cccc(C23CCCNC(C(=O)COc4ccccc4)C2CCC3)c1. The van der Waals surface area contributed by atoms with Crippen molar-refractivity contribution in [3.63, 3.8) is 0 Å². The molecule has 0 aromatic heterocycles. The minimum Gasteiger partial charge on any atom is -0.494 e. The fourth-order valence-electron chi connectivity index (χ4n) is 5.36. The second-order valence-electron chi connectivity index (χ2n) is 8.22. The molecule has 4 rings (SSSR count). The zero-order valence-electron chi connectivity index (χ0n) is 17.2. The second-order valence-corrected chi connectivity index (χ2v) is 8.22. The molecule has 3 unspecified atom stereocenters. The highest BCUT2D eigenvalue weighted by molar-refractivity contribution is 5.86. The Hall–Kier alpha value is -2.33. The highest BCUT2D eigenvalue weighted by Gasteiger charge is 2.50. The zero-order valence-corrected chi connectivity index (χ0v) is 17.2. The Morgan fingerprint density at radius 3 is 2.66 bits per heavy atom. The van der Waals surface area contributed by atoms with Gasteiger partial charge < -0.3 is 14.8 Å². The van der Waals surface area contributed by atoms with Gasteiger partial charge in [0, 0.05) is 5.41 Å². The molecule has 1 aliphatic carbocycles. The Bertz CT molecular complexity index is 822. The first-order chi connectivity index (χ1) is 14.2. The molecule has 1 saturated carbocycles. The predicted molar refractivity (Wildman–Crippen MR) is 115 cm³/mol. The molecule has 0 amide bonds. The average Bonchev–Trinajstić information content (AvgIpc) is 3.09. The van der Waals surface area contributed by atoms with Gasteiger partial charge in [0.25, 0.3) is 0 Å². The molecule has 4 nitrogen and oxygen atoms in total. The second kappa shape index (κ2) is 9.00. The van der Waals surface area contributed by atoms with Gasteiger partial charge in [-0.05, 0) is 74.9 Å². The van der Waals surface area contributed by atoms with Gasteiger partial charge in [-0.25, -0.2) is 0 Å². The highest BCUT2D eigenvalue weighted by Crippen LogP contribution is 2.51. The number of carbonyl (C=O) groups excluding carboxylic acids is 1. The van der Waals surface area contributed by atoms with Gasteiger partial charge in [-0.1, -0.05) is 36.8 Å². The Balaban J connectivity index is 1.57. The topological polar surface area (TPSA) is 47.6 Å². The van der Waals surface area contributed by atoms with Crippen LogP contribution in [0.3, 0.4) is 0 Å². The van der Waals surface area contributed by atoms with E-state index in [4.69, 9.17) is 9.47 Å². The molecule has 1 heterocycles. The fraction of sp³-hybridized carbons (Fsp3) is 0.480. The van der Waals surface area contributed by atoms with Crippen molar-refractivity contribution >= 4 is 5.78 Å². The maximum absolute atomic E-state index is 13.2. The summed E-state index contributed by atoms with van der Waals surface area (Å²) in [5.41, 5.74) is 1.38. The van der Waals surface area contributed by atoms with E-state index in [2.05, 4.69) is 23.5 Å². The van der Waals surface area contributed by atoms with Gasteiger partial charge >= 0.3 is 0 Å². The van der Waals surface area contributed by atoms with Crippen LogP contribution in [0.5, 0.6) is 11.5 Å². The van der Waals surface area contributed by atoms with Gasteiger partial charge in [0.1, 0.15) is 18.1 Å². The lowest BCUT2D eigenvalue weighted by Crippen LogP contribution is -2.48. The summed E-state index contributed by atoms with van der Waals surface area (Å²) in [6.07, 6.45) is 5.57. The van der Waals surface area contributed by atoms with Crippen LogP contribution in [0.25, 0.3) is 0 Å². The number of Topliss-reactive ketones (excluding diaryl/α,β-unsaturated/α-hetero) is 1. The molecule has 0 spiro atoms. The van der Waals surface area contributed by atoms with Crippen molar-refractivity contribution in [2.45, 2.75) is 50.5 Å². The van der Waals surface area contributed by atoms with E-state index in [0.717, 1.165) is 50.1 Å². The first-order valence-electron chi connectivity index (χ1n) is 10.9. The highest BCUT2D eigenvalue weighted by atomic mass is 16.5. The number of ether oxygens (including phenoxy) is 2. The van der Waals surface area contributed by atoms with Crippen molar-refractivity contribution in [1.29, 1.82) is 0 Å². The lowest BCUT2D eigenvalue weighted by Gasteiger charge is -2.38. The van der Waals surface area contributed by atoms with E-state index < -0.39 is 0 Å². The number of benzene rings is 2. The standard InChI is InChI=1S/C25H31NO3/c1-2-28-21-12-6-9-19(17-21)25-14-7-13-22(25)24(26-16-8-15-25)23(27)18-29-20-10-4-3-5-11-20/h3-6,9-12,17,22,24,26H,2,7-8,13-16,18H2,1H3. The number of para-hydroxylation sites is 1. The van der Waals surface area contributed by atoms with Crippen LogP contribution in [-0.2, 0) is 10.2 Å². The fourth-order valence-corrected chi connectivity index (χ4v) is 5.36. The summed E-state index contributed by atoms with van der Waals surface area (Å²) in [5.74, 6) is 2.14. The summed E-state index contributed by atoms with van der Waals surface area (Å²) < 4.78 is 11.6. The van der Waals surface area contributed by atoms with Crippen LogP contribution in [0.4, 0.5) is 0 Å². The summed E-state index contributed by atoms with van der Waals surface area (Å²) in [4.78, 5) is 13.2. The van der Waals surface area contributed by atoms with Crippen molar-refractivity contribution in [1.82, 2.24) is 5.32 Å². The van der Waals surface area contributed by atoms with E-state index in [9.17, 15) is 4.79 Å². The minimum atomic E-state index is -0.153. The van der Waals surface area contributed by atoms with Crippen molar-refractivity contribution in [2.24, 2.45) is 5.92 Å². The largest absolute Gasteiger partial charge is 0.494 e. The third kappa shape index (κ3) is 4.18. The van der Waals surface area contributed by atoms with E-state index in [1.165, 1.54) is 5.56 Å². The number of ketones is 1. The number of nitrogens with one attached hydrogen (secondary N) is 1. The molecule has 1 N–H and O–H groups in total. The van der Waals surface area contributed by atoms with E-state index >= 15 is 0 Å². The van der Waals surface area contributed by atoms with Crippen LogP contribution in [0, 0.1) is 5.92 Å². The first-order valence-corrected chi connectivity index (χ1v) is 10.9. The lowest BCUT2D eigenvalue weighted by atomic mass is 9.67. The Labute approximate surface area is 173 Å². The van der Waals surface area contributed by atoms with Gasteiger partial charge in [0.05, 0.1) is 12.6 Å². The van der Waals surface area contributed by atoms with E-state index in [-0.39, 0.29) is 23.8 Å². The Kier molecular flexibility index (Phi) is 6.19. The van der Waals surface area contributed by atoms with Gasteiger partial charge in [-0.2, -0.15) is 0 Å². The van der Waals surface area contributed by atoms with Crippen LogP contribution in [0.2, 0.25) is 0 Å². The first kappa shape index (κ1) is 20.0. The monoisotopic (exact) mass is 393 g/mol. The maximum atomic E-state index is 13.2. The molecule has 2 aliphatic rings. The van der Waals surface area contributed by atoms with Crippen LogP contribution >= 0.6 is 0 Å². The van der Waals surface area contributed by atoms with Gasteiger partial charge in [0.15, 0.2) is 5.78 Å². The minimum absolute atomic E-state index is 0.0453. The number of rotatable bonds is 7. The van der Waals surface area contributed by atoms with Crippen LogP contribution in [0.15, 0.2) is 54.6 Å². The summed E-state index contributed by atoms with van der Waals surface area (Å²) in [6, 6.07) is 18.0. The molecule has 1 aliphatic heterocycles. The molecule has 154 valence electrons. The summed E-state index contributed by atoms with van der Waals surface area (Å²) >= 11 is 0. The zero-order chi connectivity index (χ0) is 20.1. The maximum Gasteiger partial charge on any atom is 0.187 e. The number of fused-ring (bicyclic) bond motifs is 1. The molecular formula is C25H31NO3. The molecule has 0 radical (unpaired) electrons. The third-order valence-corrected chi connectivity index (χ3v) is 6.61. The van der Waals surface area contributed by atoms with Crippen molar-refractivity contribution in [3.8, 4) is 11.5 Å². The molecule has 2 aromatic carbocycles. The van der Waals surface area contributed by atoms with E-state index in [0.29, 0.717) is 12.5 Å². The molecule has 2 fully saturated rings. The van der Waals surface area contributed by atoms with E-state index in [1.54, 1.807) is 0 Å². The molecule has 29 heavy (non-hydrogen) atoms. The molecule has 4 heteroatoms. The van der Waals surface area contributed by atoms with Crippen molar-refractivity contribution < 1.29 is 14.3 Å². The normalized spacial score (nSPS) is 26.4. The van der Waals surface area contributed by atoms with Crippen molar-refractivity contribution in [2.75, 3.05) is 19.8 Å². The van der Waals surface area contributed by atoms with Crippen molar-refractivity contribution in [3.05, 3.63) is 60.2 Å². The van der Waals surface area contributed by atoms with Gasteiger partial charge in [0.2, 0.25) is 0 Å². The third-order valence-electron chi connectivity index (χ3n) is 6.61. The van der Waals surface area contributed by atoms with Crippen LogP contribution in [0.1, 0.15) is 44.6 Å². The molecule has 1 saturated heterocycles. The Morgan fingerprint density at radius 2 is 1.83 bits per heavy atom. The number of hydrogen-bond donors (Lipinski definition) is 1. The lowest BCUT2D eigenvalue weighted by molar-refractivity contribution is -0.124.